The largest absolute Gasteiger partial charge is 0.301 e. The van der Waals surface area contributed by atoms with Gasteiger partial charge in [-0.2, -0.15) is 0 Å². The Morgan fingerprint density at radius 1 is 1.23 bits per heavy atom. The summed E-state index contributed by atoms with van der Waals surface area (Å²) in [4.78, 5) is 19.6. The lowest BCUT2D eigenvalue weighted by molar-refractivity contribution is -0.117. The van der Waals surface area contributed by atoms with Crippen molar-refractivity contribution in [2.45, 2.75) is 13.5 Å². The van der Waals surface area contributed by atoms with Gasteiger partial charge in [0.1, 0.15) is 0 Å². The number of amides is 1. The Kier molecular flexibility index (Phi) is 5.75. The highest BCUT2D eigenvalue weighted by molar-refractivity contribution is 7.14. The Bertz CT molecular complexity index is 923. The van der Waals surface area contributed by atoms with Crippen molar-refractivity contribution >= 4 is 33.7 Å². The average Bonchev–Trinajstić information content (AvgIpc) is 3.19. The standard InChI is InChI=1S/C18H17F2N3OS2/c1-11-5-6-25-16(11)8-23(2)9-17(24)22-18-21-15(10-26-18)12-3-4-13(19)14(20)7-12/h3-7,10H,8-9H2,1-2H3,(H,21,22,24). The predicted molar refractivity (Wildman–Crippen MR) is 101 cm³/mol. The number of nitrogens with one attached hydrogen (secondary N) is 1. The highest BCUT2D eigenvalue weighted by atomic mass is 32.1. The predicted octanol–water partition coefficient (Wildman–Crippen LogP) is 4.53. The van der Waals surface area contributed by atoms with E-state index >= 15 is 0 Å². The number of carbonyl (C=O) groups is 1. The monoisotopic (exact) mass is 393 g/mol. The third-order valence-corrected chi connectivity index (χ3v) is 5.53. The van der Waals surface area contributed by atoms with Gasteiger partial charge in [0.25, 0.3) is 0 Å². The second kappa shape index (κ2) is 8.03. The van der Waals surface area contributed by atoms with E-state index in [1.165, 1.54) is 27.8 Å². The zero-order valence-corrected chi connectivity index (χ0v) is 15.9. The molecule has 4 nitrogen and oxygen atoms in total. The summed E-state index contributed by atoms with van der Waals surface area (Å²) in [5, 5.41) is 6.90. The van der Waals surface area contributed by atoms with Crippen LogP contribution in [0.2, 0.25) is 0 Å². The van der Waals surface area contributed by atoms with Gasteiger partial charge in [-0.05, 0) is 49.2 Å². The Labute approximate surface area is 158 Å². The van der Waals surface area contributed by atoms with Gasteiger partial charge >= 0.3 is 0 Å². The quantitative estimate of drug-likeness (QED) is 0.669. The zero-order chi connectivity index (χ0) is 18.7. The Balaban J connectivity index is 1.59. The average molecular weight is 393 g/mol. The molecule has 8 heteroatoms. The molecule has 0 bridgehead atoms. The Morgan fingerprint density at radius 3 is 2.73 bits per heavy atom. The lowest BCUT2D eigenvalue weighted by atomic mass is 10.2. The van der Waals surface area contributed by atoms with Gasteiger partial charge in [0.05, 0.1) is 12.2 Å². The van der Waals surface area contributed by atoms with Gasteiger partial charge in [-0.25, -0.2) is 13.8 Å². The van der Waals surface area contributed by atoms with E-state index in [0.717, 1.165) is 12.1 Å². The van der Waals surface area contributed by atoms with Gasteiger partial charge in [0.2, 0.25) is 5.91 Å². The fourth-order valence-electron chi connectivity index (χ4n) is 2.39. The number of thiazole rings is 1. The third-order valence-electron chi connectivity index (χ3n) is 3.76. The molecule has 1 aromatic carbocycles. The fourth-order valence-corrected chi connectivity index (χ4v) is 4.11. The number of benzene rings is 1. The van der Waals surface area contributed by atoms with Crippen LogP contribution in [-0.4, -0.2) is 29.4 Å². The van der Waals surface area contributed by atoms with E-state index in [1.54, 1.807) is 16.7 Å². The smallest absolute Gasteiger partial charge is 0.240 e. The molecule has 0 spiro atoms. The minimum absolute atomic E-state index is 0.173. The number of anilines is 1. The molecule has 1 amide bonds. The van der Waals surface area contributed by atoms with E-state index in [-0.39, 0.29) is 12.5 Å². The van der Waals surface area contributed by atoms with E-state index in [4.69, 9.17) is 0 Å². The van der Waals surface area contributed by atoms with Gasteiger partial charge in [-0.15, -0.1) is 22.7 Å². The number of rotatable bonds is 6. The van der Waals surface area contributed by atoms with Gasteiger partial charge in [-0.1, -0.05) is 0 Å². The van der Waals surface area contributed by atoms with Crippen LogP contribution >= 0.6 is 22.7 Å². The number of carbonyl (C=O) groups excluding carboxylic acids is 1. The number of aryl methyl sites for hydroxylation is 1. The minimum Gasteiger partial charge on any atom is -0.301 e. The lowest BCUT2D eigenvalue weighted by Gasteiger charge is -2.15. The maximum Gasteiger partial charge on any atom is 0.240 e. The molecule has 26 heavy (non-hydrogen) atoms. The minimum atomic E-state index is -0.924. The van der Waals surface area contributed by atoms with Crippen LogP contribution in [0.15, 0.2) is 35.0 Å². The van der Waals surface area contributed by atoms with Crippen LogP contribution in [0.25, 0.3) is 11.3 Å². The van der Waals surface area contributed by atoms with Crippen molar-refractivity contribution in [3.8, 4) is 11.3 Å². The van der Waals surface area contributed by atoms with Crippen LogP contribution in [0.4, 0.5) is 13.9 Å². The lowest BCUT2D eigenvalue weighted by Crippen LogP contribution is -2.29. The summed E-state index contributed by atoms with van der Waals surface area (Å²) in [5.74, 6) is -2.00. The van der Waals surface area contributed by atoms with Crippen molar-refractivity contribution in [1.82, 2.24) is 9.88 Å². The summed E-state index contributed by atoms with van der Waals surface area (Å²) in [7, 11) is 1.88. The number of likely N-dealkylation sites (N-methyl/N-ethyl adjacent to an activating group) is 1. The highest BCUT2D eigenvalue weighted by Gasteiger charge is 2.13. The molecule has 0 aliphatic carbocycles. The van der Waals surface area contributed by atoms with Crippen LogP contribution in [0.5, 0.6) is 0 Å². The highest BCUT2D eigenvalue weighted by Crippen LogP contribution is 2.26. The molecule has 0 radical (unpaired) electrons. The maximum atomic E-state index is 13.3. The molecule has 0 saturated carbocycles. The molecule has 0 aliphatic heterocycles. The van der Waals surface area contributed by atoms with Crippen molar-refractivity contribution in [2.75, 3.05) is 18.9 Å². The zero-order valence-electron chi connectivity index (χ0n) is 14.3. The summed E-state index contributed by atoms with van der Waals surface area (Å²) in [5.41, 5.74) is 2.18. The second-order valence-electron chi connectivity index (χ2n) is 5.91. The van der Waals surface area contributed by atoms with Crippen molar-refractivity contribution < 1.29 is 13.6 Å². The van der Waals surface area contributed by atoms with E-state index in [0.29, 0.717) is 22.9 Å². The number of hydrogen-bond donors (Lipinski definition) is 1. The first-order chi connectivity index (χ1) is 12.4. The van der Waals surface area contributed by atoms with E-state index < -0.39 is 11.6 Å². The topological polar surface area (TPSA) is 45.2 Å². The van der Waals surface area contributed by atoms with E-state index in [9.17, 15) is 13.6 Å². The van der Waals surface area contributed by atoms with Crippen LogP contribution in [0.3, 0.4) is 0 Å². The first kappa shape index (κ1) is 18.6. The van der Waals surface area contributed by atoms with Crippen molar-refractivity contribution in [1.29, 1.82) is 0 Å². The summed E-state index contributed by atoms with van der Waals surface area (Å²) >= 11 is 2.91. The molecule has 0 atom stereocenters. The van der Waals surface area contributed by atoms with Crippen molar-refractivity contribution in [2.24, 2.45) is 0 Å². The number of thiophene rings is 1. The summed E-state index contributed by atoms with van der Waals surface area (Å²) in [6.07, 6.45) is 0. The molecule has 3 aromatic rings. The van der Waals surface area contributed by atoms with Crippen LogP contribution in [0.1, 0.15) is 10.4 Å². The van der Waals surface area contributed by atoms with E-state index in [1.807, 2.05) is 17.3 Å². The van der Waals surface area contributed by atoms with Gasteiger partial charge in [0.15, 0.2) is 16.8 Å². The van der Waals surface area contributed by atoms with Gasteiger partial charge in [-0.3, -0.25) is 9.69 Å². The first-order valence-electron chi connectivity index (χ1n) is 7.84. The maximum absolute atomic E-state index is 13.3. The second-order valence-corrected chi connectivity index (χ2v) is 7.77. The molecule has 2 aromatic heterocycles. The fraction of sp³-hybridized carbons (Fsp3) is 0.222. The number of nitrogens with zero attached hydrogens (tertiary/aromatic N) is 2. The molecule has 0 unspecified atom stereocenters. The SMILES string of the molecule is Cc1ccsc1CN(C)CC(=O)Nc1nc(-c2ccc(F)c(F)c2)cs1. The van der Waals surface area contributed by atoms with E-state index in [2.05, 4.69) is 23.3 Å². The van der Waals surface area contributed by atoms with Crippen molar-refractivity contribution in [3.63, 3.8) is 0 Å². The van der Waals surface area contributed by atoms with Gasteiger partial charge < -0.3 is 5.32 Å². The van der Waals surface area contributed by atoms with Crippen LogP contribution in [0, 0.1) is 18.6 Å². The van der Waals surface area contributed by atoms with Crippen molar-refractivity contribution in [3.05, 3.63) is 57.1 Å². The number of hydrogen-bond acceptors (Lipinski definition) is 5. The molecule has 0 fully saturated rings. The summed E-state index contributed by atoms with van der Waals surface area (Å²) in [6, 6.07) is 5.66. The number of halogens is 2. The molecule has 136 valence electrons. The normalized spacial score (nSPS) is 11.1. The molecular weight excluding hydrogens is 376 g/mol. The number of aromatic nitrogens is 1. The molecular formula is C18H17F2N3OS2. The molecule has 1 N–H and O–H groups in total. The Morgan fingerprint density at radius 2 is 2.04 bits per heavy atom. The summed E-state index contributed by atoms with van der Waals surface area (Å²) < 4.78 is 26.4. The summed E-state index contributed by atoms with van der Waals surface area (Å²) in [6.45, 7) is 2.99. The Hall–Kier alpha value is -2.16. The van der Waals surface area contributed by atoms with Gasteiger partial charge in [0, 0.05) is 22.4 Å². The molecule has 0 saturated heterocycles. The third kappa shape index (κ3) is 4.51. The molecule has 0 aliphatic rings. The molecule has 3 rings (SSSR count). The molecule has 2 heterocycles. The van der Waals surface area contributed by atoms with Crippen LogP contribution in [-0.2, 0) is 11.3 Å². The first-order valence-corrected chi connectivity index (χ1v) is 9.60. The van der Waals surface area contributed by atoms with Crippen LogP contribution < -0.4 is 5.32 Å².